The van der Waals surface area contributed by atoms with Gasteiger partial charge in [-0.3, -0.25) is 0 Å². The van der Waals surface area contributed by atoms with Crippen molar-refractivity contribution in [3.05, 3.63) is 22.4 Å². The van der Waals surface area contributed by atoms with Crippen molar-refractivity contribution in [2.24, 2.45) is 10.4 Å². The zero-order valence-electron chi connectivity index (χ0n) is 15.1. The fourth-order valence-corrected chi connectivity index (χ4v) is 3.80. The molecule has 0 radical (unpaired) electrons. The van der Waals surface area contributed by atoms with Crippen LogP contribution in [0.4, 0.5) is 0 Å². The number of nitrogens with zero attached hydrogens (tertiary/aromatic N) is 1. The summed E-state index contributed by atoms with van der Waals surface area (Å²) in [5, 5.41) is 19.3. The Morgan fingerprint density at radius 2 is 2.25 bits per heavy atom. The molecule has 1 aromatic heterocycles. The van der Waals surface area contributed by atoms with Gasteiger partial charge in [0.2, 0.25) is 0 Å². The summed E-state index contributed by atoms with van der Waals surface area (Å²) in [7, 11) is 1.76. The Labute approximate surface area is 149 Å². The van der Waals surface area contributed by atoms with Crippen LogP contribution >= 0.6 is 11.3 Å². The molecule has 0 aromatic carbocycles. The second-order valence-corrected chi connectivity index (χ2v) is 7.84. The molecule has 1 atom stereocenters. The molecule has 0 aliphatic heterocycles. The fraction of sp³-hybridized carbons (Fsp3) is 0.722. The molecule has 0 bridgehead atoms. The molecule has 1 aliphatic carbocycles. The monoisotopic (exact) mass is 353 g/mol. The van der Waals surface area contributed by atoms with E-state index in [0.29, 0.717) is 12.0 Å². The van der Waals surface area contributed by atoms with Crippen LogP contribution in [0.2, 0.25) is 0 Å². The summed E-state index contributed by atoms with van der Waals surface area (Å²) in [5.74, 6) is 0.776. The fourth-order valence-electron chi connectivity index (χ4n) is 3.02. The first-order valence-corrected chi connectivity index (χ1v) is 9.67. The quantitative estimate of drug-likeness (QED) is 0.472. The van der Waals surface area contributed by atoms with Crippen LogP contribution in [0.3, 0.4) is 0 Å². The number of hydrogen-bond acceptors (Lipinski definition) is 4. The van der Waals surface area contributed by atoms with E-state index in [9.17, 15) is 5.11 Å². The number of nitrogens with one attached hydrogen (secondary N) is 2. The molecule has 1 aromatic rings. The van der Waals surface area contributed by atoms with Crippen LogP contribution in [0.1, 0.15) is 44.4 Å². The van der Waals surface area contributed by atoms with Crippen molar-refractivity contribution < 1.29 is 9.84 Å². The van der Waals surface area contributed by atoms with Gasteiger partial charge in [-0.05, 0) is 50.0 Å². The van der Waals surface area contributed by atoms with Crippen LogP contribution in [-0.2, 0) is 10.3 Å². The second-order valence-electron chi connectivity index (χ2n) is 6.90. The van der Waals surface area contributed by atoms with Crippen molar-refractivity contribution in [1.82, 2.24) is 10.6 Å². The Kier molecular flexibility index (Phi) is 7.07. The minimum atomic E-state index is -0.930. The Morgan fingerprint density at radius 3 is 2.79 bits per heavy atom. The van der Waals surface area contributed by atoms with Gasteiger partial charge in [0.1, 0.15) is 5.60 Å². The molecule has 1 aliphatic rings. The molecule has 1 unspecified atom stereocenters. The first kappa shape index (κ1) is 19.2. The number of rotatable bonds is 9. The highest BCUT2D eigenvalue weighted by Gasteiger charge is 2.36. The van der Waals surface area contributed by atoms with E-state index < -0.39 is 5.60 Å². The summed E-state index contributed by atoms with van der Waals surface area (Å²) < 4.78 is 5.26. The topological polar surface area (TPSA) is 65.9 Å². The van der Waals surface area contributed by atoms with E-state index in [1.165, 1.54) is 19.3 Å². The van der Waals surface area contributed by atoms with Crippen LogP contribution in [0.5, 0.6) is 0 Å². The van der Waals surface area contributed by atoms with Gasteiger partial charge >= 0.3 is 0 Å². The molecule has 136 valence electrons. The predicted octanol–water partition coefficient (Wildman–Crippen LogP) is 2.72. The number of guanidine groups is 1. The number of aliphatic hydroxyl groups is 1. The highest BCUT2D eigenvalue weighted by Crippen LogP contribution is 2.43. The van der Waals surface area contributed by atoms with Gasteiger partial charge in [-0.2, -0.15) is 0 Å². The minimum absolute atomic E-state index is 0.336. The molecule has 5 nitrogen and oxygen atoms in total. The van der Waals surface area contributed by atoms with E-state index in [-0.39, 0.29) is 0 Å². The SMILES string of the molecule is CCNC(=NCC(C)(O)c1cccs1)NCC1(CCOC)CCC1. The zero-order valence-corrected chi connectivity index (χ0v) is 15.9. The van der Waals surface area contributed by atoms with Crippen LogP contribution in [0, 0.1) is 5.41 Å². The Hall–Kier alpha value is -1.11. The van der Waals surface area contributed by atoms with Gasteiger partial charge in [-0.25, -0.2) is 4.99 Å². The summed E-state index contributed by atoms with van der Waals surface area (Å²) in [5.41, 5.74) is -0.594. The van der Waals surface area contributed by atoms with Crippen LogP contribution < -0.4 is 10.6 Å². The van der Waals surface area contributed by atoms with Crippen molar-refractivity contribution >= 4 is 17.3 Å². The average Bonchev–Trinajstić information content (AvgIpc) is 3.06. The van der Waals surface area contributed by atoms with Crippen molar-refractivity contribution in [3.63, 3.8) is 0 Å². The molecule has 24 heavy (non-hydrogen) atoms. The third-order valence-corrected chi connectivity index (χ3v) is 5.95. The van der Waals surface area contributed by atoms with E-state index in [4.69, 9.17) is 4.74 Å². The Bertz CT molecular complexity index is 510. The molecule has 3 N–H and O–H groups in total. The van der Waals surface area contributed by atoms with Crippen LogP contribution in [-0.4, -0.2) is 44.4 Å². The second kappa shape index (κ2) is 8.83. The predicted molar refractivity (Wildman–Crippen MR) is 101 cm³/mol. The van der Waals surface area contributed by atoms with E-state index >= 15 is 0 Å². The van der Waals surface area contributed by atoms with Crippen molar-refractivity contribution in [2.75, 3.05) is 33.4 Å². The van der Waals surface area contributed by atoms with Crippen LogP contribution in [0.15, 0.2) is 22.5 Å². The highest BCUT2D eigenvalue weighted by molar-refractivity contribution is 7.10. The van der Waals surface area contributed by atoms with Crippen molar-refractivity contribution in [1.29, 1.82) is 0 Å². The molecule has 0 spiro atoms. The molecule has 1 saturated carbocycles. The number of methoxy groups -OCH3 is 1. The Morgan fingerprint density at radius 1 is 1.46 bits per heavy atom. The van der Waals surface area contributed by atoms with Crippen LogP contribution in [0.25, 0.3) is 0 Å². The summed E-state index contributed by atoms with van der Waals surface area (Å²) in [6.07, 6.45) is 4.88. The molecule has 1 fully saturated rings. The zero-order chi connectivity index (χ0) is 17.5. The van der Waals surface area contributed by atoms with E-state index in [1.807, 2.05) is 24.4 Å². The average molecular weight is 354 g/mol. The first-order valence-electron chi connectivity index (χ1n) is 8.79. The maximum absolute atomic E-state index is 10.6. The van der Waals surface area contributed by atoms with Gasteiger partial charge in [-0.15, -0.1) is 11.3 Å². The molecular weight excluding hydrogens is 322 g/mol. The lowest BCUT2D eigenvalue weighted by molar-refractivity contribution is 0.0699. The number of thiophene rings is 1. The standard InChI is InChI=1S/C18H31N3O2S/c1-4-19-16(20-13-17(2,22)15-7-5-12-24-15)21-14-18(8-6-9-18)10-11-23-3/h5,7,12,22H,4,6,8-11,13-14H2,1-3H3,(H2,19,20,21). The van der Waals surface area contributed by atoms with Gasteiger partial charge < -0.3 is 20.5 Å². The Balaban J connectivity index is 1.93. The summed E-state index contributed by atoms with van der Waals surface area (Å²) in [4.78, 5) is 5.54. The van der Waals surface area contributed by atoms with Gasteiger partial charge in [0.25, 0.3) is 0 Å². The molecule has 0 amide bonds. The number of aliphatic imine (C=N–C) groups is 1. The summed E-state index contributed by atoms with van der Waals surface area (Å²) in [6.45, 7) is 6.73. The summed E-state index contributed by atoms with van der Waals surface area (Å²) >= 11 is 1.56. The largest absolute Gasteiger partial charge is 0.385 e. The molecule has 0 saturated heterocycles. The number of ether oxygens (including phenoxy) is 1. The lowest BCUT2D eigenvalue weighted by atomic mass is 9.67. The van der Waals surface area contributed by atoms with Gasteiger partial charge in [0.15, 0.2) is 5.96 Å². The third-order valence-electron chi connectivity index (χ3n) is 4.82. The van der Waals surface area contributed by atoms with Crippen molar-refractivity contribution in [3.8, 4) is 0 Å². The molecule has 6 heteroatoms. The third kappa shape index (κ3) is 5.19. The minimum Gasteiger partial charge on any atom is -0.385 e. The van der Waals surface area contributed by atoms with E-state index in [2.05, 4.69) is 22.5 Å². The molecule has 1 heterocycles. The lowest BCUT2D eigenvalue weighted by Gasteiger charge is -2.42. The van der Waals surface area contributed by atoms with E-state index in [1.54, 1.807) is 18.4 Å². The van der Waals surface area contributed by atoms with Gasteiger partial charge in [-0.1, -0.05) is 12.5 Å². The number of hydrogen-bond donors (Lipinski definition) is 3. The van der Waals surface area contributed by atoms with Gasteiger partial charge in [0, 0.05) is 31.7 Å². The van der Waals surface area contributed by atoms with Gasteiger partial charge in [0.05, 0.1) is 6.54 Å². The summed E-state index contributed by atoms with van der Waals surface area (Å²) in [6, 6.07) is 3.91. The molecular formula is C18H31N3O2S. The smallest absolute Gasteiger partial charge is 0.191 e. The maximum Gasteiger partial charge on any atom is 0.191 e. The normalized spacial score (nSPS) is 19.4. The molecule has 2 rings (SSSR count). The highest BCUT2D eigenvalue weighted by atomic mass is 32.1. The lowest BCUT2D eigenvalue weighted by Crippen LogP contribution is -2.47. The maximum atomic E-state index is 10.6. The van der Waals surface area contributed by atoms with Crippen molar-refractivity contribution in [2.45, 2.75) is 45.1 Å². The van der Waals surface area contributed by atoms with E-state index in [0.717, 1.165) is 37.0 Å². The first-order chi connectivity index (χ1) is 11.5.